The molecule has 2 heteroatoms. The Morgan fingerprint density at radius 1 is 0.690 bits per heavy atom. The highest BCUT2D eigenvalue weighted by Gasteiger charge is 2.17. The van der Waals surface area contributed by atoms with Crippen LogP contribution in [0.1, 0.15) is 114 Å². The van der Waals surface area contributed by atoms with Crippen LogP contribution >= 0.6 is 0 Å². The van der Waals surface area contributed by atoms with E-state index in [-0.39, 0.29) is 6.29 Å². The molecule has 29 heavy (non-hydrogen) atoms. The summed E-state index contributed by atoms with van der Waals surface area (Å²) in [5.41, 5.74) is 3.15. The Balaban J connectivity index is 4.27. The highest BCUT2D eigenvalue weighted by atomic mass is 16.7. The highest BCUT2D eigenvalue weighted by Crippen LogP contribution is 2.24. The number of rotatable bonds is 16. The number of ether oxygens (including phenoxy) is 2. The Hall–Kier alpha value is -0.600. The van der Waals surface area contributed by atoms with Crippen LogP contribution in [0.4, 0.5) is 0 Å². The molecule has 0 amide bonds. The monoisotopic (exact) mass is 408 g/mol. The third-order valence-electron chi connectivity index (χ3n) is 5.38. The van der Waals surface area contributed by atoms with Crippen LogP contribution in [-0.4, -0.2) is 19.5 Å². The van der Waals surface area contributed by atoms with Crippen LogP contribution < -0.4 is 0 Å². The fourth-order valence-electron chi connectivity index (χ4n) is 3.17. The molecule has 2 unspecified atom stereocenters. The molecule has 0 aromatic rings. The van der Waals surface area contributed by atoms with E-state index in [2.05, 4.69) is 74.5 Å². The summed E-state index contributed by atoms with van der Waals surface area (Å²) in [7, 11) is 0. The molecule has 0 aliphatic rings. The van der Waals surface area contributed by atoms with E-state index in [1.807, 2.05) is 0 Å². The van der Waals surface area contributed by atoms with Gasteiger partial charge in [0, 0.05) is 13.2 Å². The summed E-state index contributed by atoms with van der Waals surface area (Å²) < 4.78 is 12.4. The number of allylic oxidation sites excluding steroid dienone is 4. The van der Waals surface area contributed by atoms with Crippen molar-refractivity contribution >= 4 is 0 Å². The van der Waals surface area contributed by atoms with Crippen molar-refractivity contribution in [3.05, 3.63) is 23.3 Å². The van der Waals surface area contributed by atoms with Crippen LogP contribution in [0.25, 0.3) is 0 Å². The first-order valence-electron chi connectivity index (χ1n) is 12.0. The smallest absolute Gasteiger partial charge is 0.157 e. The molecule has 0 saturated carbocycles. The van der Waals surface area contributed by atoms with Crippen molar-refractivity contribution in [1.29, 1.82) is 0 Å². The first kappa shape index (κ1) is 28.4. The molecule has 2 atom stereocenters. The molecule has 0 spiro atoms. The van der Waals surface area contributed by atoms with Gasteiger partial charge in [-0.3, -0.25) is 0 Å². The second-order valence-electron chi connectivity index (χ2n) is 10.8. The first-order chi connectivity index (χ1) is 13.5. The van der Waals surface area contributed by atoms with Gasteiger partial charge >= 0.3 is 0 Å². The summed E-state index contributed by atoms with van der Waals surface area (Å²) >= 11 is 0. The molecule has 2 nitrogen and oxygen atoms in total. The predicted octanol–water partition coefficient (Wildman–Crippen LogP) is 8.72. The van der Waals surface area contributed by atoms with Crippen molar-refractivity contribution in [2.75, 3.05) is 13.2 Å². The summed E-state index contributed by atoms with van der Waals surface area (Å²) in [5.74, 6) is 1.40. The normalized spacial score (nSPS) is 14.9. The predicted molar refractivity (Wildman–Crippen MR) is 129 cm³/mol. The summed E-state index contributed by atoms with van der Waals surface area (Å²) in [6.45, 7) is 21.9. The third kappa shape index (κ3) is 20.5. The number of hydrogen-bond acceptors (Lipinski definition) is 2. The van der Waals surface area contributed by atoms with E-state index in [0.29, 0.717) is 17.3 Å². The molecule has 0 fully saturated rings. The van der Waals surface area contributed by atoms with Crippen molar-refractivity contribution in [2.45, 2.75) is 120 Å². The Kier molecular flexibility index (Phi) is 15.8. The number of hydrogen-bond donors (Lipinski definition) is 0. The quantitative estimate of drug-likeness (QED) is 0.188. The maximum Gasteiger partial charge on any atom is 0.157 e. The second-order valence-corrected chi connectivity index (χ2v) is 10.8. The summed E-state index contributed by atoms with van der Waals surface area (Å²) in [5, 5.41) is 0. The highest BCUT2D eigenvalue weighted by molar-refractivity contribution is 4.93. The summed E-state index contributed by atoms with van der Waals surface area (Å²) in [4.78, 5) is 0. The third-order valence-corrected chi connectivity index (χ3v) is 5.38. The summed E-state index contributed by atoms with van der Waals surface area (Å²) in [6.07, 6.45) is 13.8. The van der Waals surface area contributed by atoms with Crippen molar-refractivity contribution in [3.63, 3.8) is 0 Å². The fraction of sp³-hybridized carbons (Fsp3) is 0.852. The molecular formula is C27H52O2. The Bertz CT molecular complexity index is 414. The van der Waals surface area contributed by atoms with Gasteiger partial charge in [0.15, 0.2) is 6.29 Å². The van der Waals surface area contributed by atoms with Gasteiger partial charge < -0.3 is 9.47 Å². The van der Waals surface area contributed by atoms with E-state index < -0.39 is 0 Å². The molecule has 0 aromatic carbocycles. The molecule has 0 bridgehead atoms. The first-order valence-corrected chi connectivity index (χ1v) is 12.0. The molecule has 0 radical (unpaired) electrons. The Morgan fingerprint density at radius 2 is 1.10 bits per heavy atom. The van der Waals surface area contributed by atoms with Crippen LogP contribution in [0, 0.1) is 17.3 Å². The zero-order chi connectivity index (χ0) is 22.3. The lowest BCUT2D eigenvalue weighted by Gasteiger charge is -2.25. The summed E-state index contributed by atoms with van der Waals surface area (Å²) in [6, 6.07) is 0. The van der Waals surface area contributed by atoms with Crippen LogP contribution in [0.3, 0.4) is 0 Å². The van der Waals surface area contributed by atoms with Crippen LogP contribution in [0.2, 0.25) is 0 Å². The van der Waals surface area contributed by atoms with Crippen molar-refractivity contribution in [1.82, 2.24) is 0 Å². The van der Waals surface area contributed by atoms with E-state index in [9.17, 15) is 0 Å². The lowest BCUT2D eigenvalue weighted by Crippen LogP contribution is -2.22. The van der Waals surface area contributed by atoms with Crippen LogP contribution in [0.5, 0.6) is 0 Å². The molecule has 0 heterocycles. The van der Waals surface area contributed by atoms with Gasteiger partial charge in [-0.1, -0.05) is 57.9 Å². The van der Waals surface area contributed by atoms with Gasteiger partial charge in [0.1, 0.15) is 0 Å². The molecule has 0 aliphatic heterocycles. The minimum atomic E-state index is -0.0517. The van der Waals surface area contributed by atoms with E-state index >= 15 is 0 Å². The molecular weight excluding hydrogens is 356 g/mol. The zero-order valence-corrected chi connectivity index (χ0v) is 21.3. The van der Waals surface area contributed by atoms with Crippen LogP contribution in [-0.2, 0) is 9.47 Å². The average Bonchev–Trinajstić information content (AvgIpc) is 2.57. The zero-order valence-electron chi connectivity index (χ0n) is 21.3. The maximum atomic E-state index is 6.18. The van der Waals surface area contributed by atoms with Gasteiger partial charge in [-0.2, -0.15) is 0 Å². The lowest BCUT2D eigenvalue weighted by atomic mass is 9.90. The molecule has 0 rings (SSSR count). The SMILES string of the molecule is CC(C)=CCCC(C)CCOC(CCC(C)(C)C)OCCC(C)CCC=C(C)C. The standard InChI is InChI=1S/C27H52O2/c1-22(2)12-10-14-24(5)17-20-28-26(16-19-27(7,8)9)29-21-18-25(6)15-11-13-23(3)4/h12-13,24-26H,10-11,14-21H2,1-9H3. The maximum absolute atomic E-state index is 6.18. The van der Waals surface area contributed by atoms with Crippen molar-refractivity contribution < 1.29 is 9.47 Å². The molecule has 172 valence electrons. The second kappa shape index (κ2) is 16.1. The minimum Gasteiger partial charge on any atom is -0.353 e. The van der Waals surface area contributed by atoms with Gasteiger partial charge in [-0.15, -0.1) is 0 Å². The molecule has 0 saturated heterocycles. The Morgan fingerprint density at radius 3 is 1.45 bits per heavy atom. The Labute approximate surface area is 183 Å². The van der Waals surface area contributed by atoms with Crippen LogP contribution in [0.15, 0.2) is 23.3 Å². The molecule has 0 N–H and O–H groups in total. The topological polar surface area (TPSA) is 18.5 Å². The largest absolute Gasteiger partial charge is 0.353 e. The molecule has 0 aromatic heterocycles. The average molecular weight is 409 g/mol. The van der Waals surface area contributed by atoms with Gasteiger partial charge in [0.25, 0.3) is 0 Å². The van der Waals surface area contributed by atoms with Gasteiger partial charge in [-0.25, -0.2) is 0 Å². The van der Waals surface area contributed by atoms with Gasteiger partial charge in [0.05, 0.1) is 0 Å². The van der Waals surface area contributed by atoms with E-state index in [0.717, 1.165) is 38.9 Å². The van der Waals surface area contributed by atoms with Crippen molar-refractivity contribution in [3.8, 4) is 0 Å². The minimum absolute atomic E-state index is 0.0517. The van der Waals surface area contributed by atoms with Gasteiger partial charge in [0.2, 0.25) is 0 Å². The van der Waals surface area contributed by atoms with E-state index in [1.54, 1.807) is 0 Å². The molecule has 0 aliphatic carbocycles. The lowest BCUT2D eigenvalue weighted by molar-refractivity contribution is -0.152. The van der Waals surface area contributed by atoms with Crippen molar-refractivity contribution in [2.24, 2.45) is 17.3 Å². The van der Waals surface area contributed by atoms with E-state index in [1.165, 1.54) is 36.8 Å². The fourth-order valence-corrected chi connectivity index (χ4v) is 3.17. The van der Waals surface area contributed by atoms with Gasteiger partial charge in [-0.05, 0) is 96.3 Å². The van der Waals surface area contributed by atoms with E-state index in [4.69, 9.17) is 9.47 Å².